The summed E-state index contributed by atoms with van der Waals surface area (Å²) in [7, 11) is 0. The van der Waals surface area contributed by atoms with Gasteiger partial charge in [0, 0.05) is 12.2 Å². The number of aryl methyl sites for hydroxylation is 1. The van der Waals surface area contributed by atoms with Gasteiger partial charge in [0.2, 0.25) is 0 Å². The van der Waals surface area contributed by atoms with Gasteiger partial charge in [0.1, 0.15) is 0 Å². The van der Waals surface area contributed by atoms with Crippen LogP contribution >= 0.6 is 0 Å². The van der Waals surface area contributed by atoms with Crippen LogP contribution in [0.5, 0.6) is 0 Å². The van der Waals surface area contributed by atoms with Crippen LogP contribution in [0.3, 0.4) is 0 Å². The molecular formula is C16H24O2. The zero-order valence-corrected chi connectivity index (χ0v) is 11.3. The number of aliphatic hydroxyl groups excluding tert-OH is 1. The van der Waals surface area contributed by atoms with E-state index in [0.29, 0.717) is 6.61 Å². The van der Waals surface area contributed by atoms with E-state index in [0.717, 1.165) is 24.8 Å². The van der Waals surface area contributed by atoms with Gasteiger partial charge in [-0.25, -0.2) is 0 Å². The van der Waals surface area contributed by atoms with Crippen molar-refractivity contribution in [1.29, 1.82) is 0 Å². The highest BCUT2D eigenvalue weighted by molar-refractivity contribution is 5.93. The molecule has 0 unspecified atom stereocenters. The van der Waals surface area contributed by atoms with Gasteiger partial charge < -0.3 is 5.11 Å². The van der Waals surface area contributed by atoms with E-state index in [1.807, 2.05) is 12.1 Å². The Morgan fingerprint density at radius 1 is 0.944 bits per heavy atom. The highest BCUT2D eigenvalue weighted by Crippen LogP contribution is 2.11. The van der Waals surface area contributed by atoms with Crippen LogP contribution in [0.2, 0.25) is 0 Å². The molecule has 0 atom stereocenters. The number of benzene rings is 1. The Balaban J connectivity index is 2.14. The average Bonchev–Trinajstić information content (AvgIpc) is 2.38. The third kappa shape index (κ3) is 5.97. The first-order chi connectivity index (χ1) is 8.74. The molecule has 100 valence electrons. The van der Waals surface area contributed by atoms with Crippen molar-refractivity contribution in [1.82, 2.24) is 0 Å². The standard InChI is InChI=1S/C16H24O2/c1-14(18)16-11-9-15(10-12-16)8-6-4-2-3-5-7-13-17/h9-12,17H,2-8,13H2,1H3. The third-order valence-electron chi connectivity index (χ3n) is 3.23. The average molecular weight is 248 g/mol. The Hall–Kier alpha value is -1.15. The molecule has 0 aliphatic rings. The van der Waals surface area contributed by atoms with Crippen LogP contribution in [0.25, 0.3) is 0 Å². The molecule has 0 saturated carbocycles. The number of carbonyl (C=O) groups excluding carboxylic acids is 1. The van der Waals surface area contributed by atoms with Gasteiger partial charge in [0.15, 0.2) is 5.78 Å². The number of hydrogen-bond acceptors (Lipinski definition) is 2. The minimum absolute atomic E-state index is 0.130. The van der Waals surface area contributed by atoms with Crippen molar-refractivity contribution in [2.24, 2.45) is 0 Å². The normalized spacial score (nSPS) is 10.6. The summed E-state index contributed by atoms with van der Waals surface area (Å²) in [6.07, 6.45) is 8.11. The van der Waals surface area contributed by atoms with E-state index >= 15 is 0 Å². The molecular weight excluding hydrogens is 224 g/mol. The molecule has 1 aromatic carbocycles. The largest absolute Gasteiger partial charge is 0.396 e. The number of hydrogen-bond donors (Lipinski definition) is 1. The molecule has 0 amide bonds. The fourth-order valence-corrected chi connectivity index (χ4v) is 2.05. The van der Waals surface area contributed by atoms with Crippen molar-refractivity contribution in [3.63, 3.8) is 0 Å². The summed E-state index contributed by atoms with van der Waals surface area (Å²) in [5, 5.41) is 8.66. The van der Waals surface area contributed by atoms with Crippen LogP contribution in [0.4, 0.5) is 0 Å². The molecule has 2 heteroatoms. The van der Waals surface area contributed by atoms with Gasteiger partial charge in [-0.2, -0.15) is 0 Å². The van der Waals surface area contributed by atoms with Gasteiger partial charge in [0.05, 0.1) is 0 Å². The summed E-state index contributed by atoms with van der Waals surface area (Å²) in [6.45, 7) is 1.92. The lowest BCUT2D eigenvalue weighted by Gasteiger charge is -2.03. The molecule has 0 aromatic heterocycles. The molecule has 0 spiro atoms. The molecule has 0 saturated heterocycles. The quantitative estimate of drug-likeness (QED) is 0.533. The van der Waals surface area contributed by atoms with Crippen molar-refractivity contribution >= 4 is 5.78 Å². The summed E-state index contributed by atoms with van der Waals surface area (Å²) in [5.74, 6) is 0.130. The minimum Gasteiger partial charge on any atom is -0.396 e. The number of Topliss-reactive ketones (excluding diaryl/α,β-unsaturated/α-hetero) is 1. The Morgan fingerprint density at radius 3 is 2.06 bits per heavy atom. The monoisotopic (exact) mass is 248 g/mol. The molecule has 0 aliphatic carbocycles. The summed E-state index contributed by atoms with van der Waals surface area (Å²) >= 11 is 0. The number of rotatable bonds is 9. The topological polar surface area (TPSA) is 37.3 Å². The smallest absolute Gasteiger partial charge is 0.159 e. The van der Waals surface area contributed by atoms with Crippen molar-refractivity contribution in [3.8, 4) is 0 Å². The van der Waals surface area contributed by atoms with Gasteiger partial charge >= 0.3 is 0 Å². The first-order valence-electron chi connectivity index (χ1n) is 6.95. The molecule has 0 aliphatic heterocycles. The molecule has 0 radical (unpaired) electrons. The maximum absolute atomic E-state index is 11.1. The number of unbranched alkanes of at least 4 members (excludes halogenated alkanes) is 5. The SMILES string of the molecule is CC(=O)c1ccc(CCCCCCCCO)cc1. The van der Waals surface area contributed by atoms with E-state index < -0.39 is 0 Å². The molecule has 0 fully saturated rings. The highest BCUT2D eigenvalue weighted by atomic mass is 16.2. The van der Waals surface area contributed by atoms with E-state index in [2.05, 4.69) is 12.1 Å². The van der Waals surface area contributed by atoms with Crippen LogP contribution in [-0.2, 0) is 6.42 Å². The van der Waals surface area contributed by atoms with E-state index in [9.17, 15) is 4.79 Å². The third-order valence-corrected chi connectivity index (χ3v) is 3.23. The Bertz CT molecular complexity index is 341. The lowest BCUT2D eigenvalue weighted by Crippen LogP contribution is -1.93. The fraction of sp³-hybridized carbons (Fsp3) is 0.562. The maximum atomic E-state index is 11.1. The molecule has 1 aromatic rings. The predicted octanol–water partition coefficient (Wildman–Crippen LogP) is 3.76. The number of carbonyl (C=O) groups is 1. The molecule has 2 nitrogen and oxygen atoms in total. The first-order valence-corrected chi connectivity index (χ1v) is 6.95. The van der Waals surface area contributed by atoms with Gasteiger partial charge in [-0.05, 0) is 31.7 Å². The minimum atomic E-state index is 0.130. The lowest BCUT2D eigenvalue weighted by molar-refractivity contribution is 0.101. The summed E-state index contributed by atoms with van der Waals surface area (Å²) in [4.78, 5) is 11.1. The zero-order valence-electron chi connectivity index (χ0n) is 11.3. The van der Waals surface area contributed by atoms with Crippen LogP contribution in [-0.4, -0.2) is 17.5 Å². The second-order valence-corrected chi connectivity index (χ2v) is 4.85. The van der Waals surface area contributed by atoms with Crippen LogP contribution in [0.1, 0.15) is 61.4 Å². The molecule has 1 rings (SSSR count). The molecule has 18 heavy (non-hydrogen) atoms. The van der Waals surface area contributed by atoms with Crippen molar-refractivity contribution < 1.29 is 9.90 Å². The van der Waals surface area contributed by atoms with Crippen molar-refractivity contribution in [2.75, 3.05) is 6.61 Å². The van der Waals surface area contributed by atoms with E-state index in [1.165, 1.54) is 31.2 Å². The summed E-state index contributed by atoms with van der Waals surface area (Å²) in [5.41, 5.74) is 2.11. The highest BCUT2D eigenvalue weighted by Gasteiger charge is 1.99. The molecule has 1 N–H and O–H groups in total. The second kappa shape index (κ2) is 8.87. The first kappa shape index (κ1) is 14.9. The zero-order chi connectivity index (χ0) is 13.2. The molecule has 0 heterocycles. The Morgan fingerprint density at radius 2 is 1.50 bits per heavy atom. The van der Waals surface area contributed by atoms with Crippen LogP contribution in [0.15, 0.2) is 24.3 Å². The van der Waals surface area contributed by atoms with Crippen LogP contribution in [0, 0.1) is 0 Å². The van der Waals surface area contributed by atoms with Gasteiger partial charge in [0.25, 0.3) is 0 Å². The fourth-order valence-electron chi connectivity index (χ4n) is 2.05. The maximum Gasteiger partial charge on any atom is 0.159 e. The number of aliphatic hydroxyl groups is 1. The van der Waals surface area contributed by atoms with Gasteiger partial charge in [-0.15, -0.1) is 0 Å². The second-order valence-electron chi connectivity index (χ2n) is 4.85. The van der Waals surface area contributed by atoms with Gasteiger partial charge in [-0.3, -0.25) is 4.79 Å². The predicted molar refractivity (Wildman–Crippen MR) is 74.9 cm³/mol. The van der Waals surface area contributed by atoms with Gasteiger partial charge in [-0.1, -0.05) is 49.9 Å². The Kier molecular flexibility index (Phi) is 7.35. The van der Waals surface area contributed by atoms with E-state index in [4.69, 9.17) is 5.11 Å². The van der Waals surface area contributed by atoms with E-state index in [-0.39, 0.29) is 5.78 Å². The molecule has 0 bridgehead atoms. The summed E-state index contributed by atoms with van der Waals surface area (Å²) < 4.78 is 0. The van der Waals surface area contributed by atoms with E-state index in [1.54, 1.807) is 6.92 Å². The summed E-state index contributed by atoms with van der Waals surface area (Å²) in [6, 6.07) is 7.95. The van der Waals surface area contributed by atoms with Crippen LogP contribution < -0.4 is 0 Å². The number of ketones is 1. The van der Waals surface area contributed by atoms with Crippen molar-refractivity contribution in [3.05, 3.63) is 35.4 Å². The Labute approximate surface area is 110 Å². The lowest BCUT2D eigenvalue weighted by atomic mass is 10.0. The van der Waals surface area contributed by atoms with Crippen molar-refractivity contribution in [2.45, 2.75) is 51.9 Å².